The van der Waals surface area contributed by atoms with Crippen LogP contribution >= 0.6 is 0 Å². The molecule has 0 bridgehead atoms. The van der Waals surface area contributed by atoms with Crippen molar-refractivity contribution >= 4 is 17.7 Å². The lowest BCUT2D eigenvalue weighted by atomic mass is 10.2. The van der Waals surface area contributed by atoms with E-state index in [0.29, 0.717) is 12.1 Å². The van der Waals surface area contributed by atoms with Gasteiger partial charge in [0.25, 0.3) is 0 Å². The van der Waals surface area contributed by atoms with E-state index in [1.54, 1.807) is 31.2 Å². The average Bonchev–Trinajstić information content (AvgIpc) is 2.60. The number of rotatable bonds is 2. The number of hydrogen-bond donors (Lipinski definition) is 1. The zero-order valence-electron chi connectivity index (χ0n) is 10.9. The fourth-order valence-electron chi connectivity index (χ4n) is 1.85. The monoisotopic (exact) mass is 284 g/mol. The van der Waals surface area contributed by atoms with Crippen molar-refractivity contribution in [3.8, 4) is 0 Å². The molecule has 0 fully saturated rings. The molecule has 1 aromatic rings. The zero-order valence-corrected chi connectivity index (χ0v) is 10.9. The third-order valence-corrected chi connectivity index (χ3v) is 2.83. The van der Waals surface area contributed by atoms with Crippen molar-refractivity contribution in [1.82, 2.24) is 0 Å². The van der Waals surface area contributed by atoms with Gasteiger partial charge in [0.2, 0.25) is 5.84 Å². The molecule has 108 valence electrons. The molecule has 1 aliphatic rings. The second-order valence-corrected chi connectivity index (χ2v) is 4.52. The van der Waals surface area contributed by atoms with Crippen LogP contribution in [-0.2, 0) is 6.54 Å². The second kappa shape index (κ2) is 5.62. The second-order valence-electron chi connectivity index (χ2n) is 4.52. The first-order valence-corrected chi connectivity index (χ1v) is 6.18. The predicted molar refractivity (Wildman–Crippen MR) is 72.9 cm³/mol. The van der Waals surface area contributed by atoms with Crippen molar-refractivity contribution in [2.45, 2.75) is 32.1 Å². The van der Waals surface area contributed by atoms with E-state index < -0.39 is 18.1 Å². The van der Waals surface area contributed by atoms with Crippen LogP contribution in [0.15, 0.2) is 34.4 Å². The molecule has 2 N–H and O–H groups in total. The lowest BCUT2D eigenvalue weighted by molar-refractivity contribution is -0.0605. The molecule has 20 heavy (non-hydrogen) atoms. The Morgan fingerprint density at radius 3 is 2.80 bits per heavy atom. The molecule has 0 saturated carbocycles. The highest BCUT2D eigenvalue weighted by Gasteiger charge is 2.41. The van der Waals surface area contributed by atoms with Crippen molar-refractivity contribution in [3.63, 3.8) is 0 Å². The summed E-state index contributed by atoms with van der Waals surface area (Å²) in [5.41, 5.74) is 6.55. The Kier molecular flexibility index (Phi) is 4.08. The van der Waals surface area contributed by atoms with E-state index >= 15 is 0 Å². The molecule has 1 atom stereocenters. The topological polar surface area (TPSA) is 54.0 Å². The molecule has 0 saturated heterocycles. The third-order valence-electron chi connectivity index (χ3n) is 2.83. The van der Waals surface area contributed by atoms with Gasteiger partial charge in [-0.15, -0.1) is 0 Å². The van der Waals surface area contributed by atoms with Gasteiger partial charge in [0.1, 0.15) is 0 Å². The van der Waals surface area contributed by atoms with E-state index in [1.165, 1.54) is 6.21 Å². The first-order valence-electron chi connectivity index (χ1n) is 6.18. The van der Waals surface area contributed by atoms with Gasteiger partial charge in [-0.25, -0.2) is 5.01 Å². The number of nitrogens with two attached hydrogens (primary N) is 1. The Hall–Kier alpha value is -1.89. The number of halogens is 3. The summed E-state index contributed by atoms with van der Waals surface area (Å²) in [7, 11) is 0. The van der Waals surface area contributed by atoms with Crippen LogP contribution in [0.1, 0.15) is 18.9 Å². The van der Waals surface area contributed by atoms with Gasteiger partial charge in [-0.2, -0.15) is 18.3 Å². The molecule has 0 amide bonds. The molecule has 0 radical (unpaired) electrons. The van der Waals surface area contributed by atoms with Crippen LogP contribution in [0, 0.1) is 0 Å². The molecule has 1 heterocycles. The Labute approximate surface area is 114 Å². The molecule has 0 spiro atoms. The van der Waals surface area contributed by atoms with Gasteiger partial charge in [-0.05, 0) is 24.6 Å². The lowest BCUT2D eigenvalue weighted by Gasteiger charge is -2.22. The molecular weight excluding hydrogens is 269 g/mol. The molecule has 1 aliphatic heterocycles. The van der Waals surface area contributed by atoms with Crippen molar-refractivity contribution in [2.75, 3.05) is 5.01 Å². The summed E-state index contributed by atoms with van der Waals surface area (Å²) in [5, 5.41) is 4.71. The third kappa shape index (κ3) is 3.16. The van der Waals surface area contributed by atoms with Gasteiger partial charge < -0.3 is 5.73 Å². The fraction of sp³-hybridized carbons (Fsp3) is 0.385. The quantitative estimate of drug-likeness (QED) is 0.907. The van der Waals surface area contributed by atoms with E-state index in [2.05, 4.69) is 10.1 Å². The van der Waals surface area contributed by atoms with Crippen molar-refractivity contribution in [1.29, 1.82) is 0 Å². The summed E-state index contributed by atoms with van der Waals surface area (Å²) < 4.78 is 39.4. The summed E-state index contributed by atoms with van der Waals surface area (Å²) in [6.07, 6.45) is -2.75. The maximum Gasteiger partial charge on any atom is 0.451 e. The van der Waals surface area contributed by atoms with Gasteiger partial charge in [0, 0.05) is 19.2 Å². The van der Waals surface area contributed by atoms with Gasteiger partial charge in [-0.1, -0.05) is 12.1 Å². The molecule has 0 aliphatic carbocycles. The predicted octanol–water partition coefficient (Wildman–Crippen LogP) is 2.69. The van der Waals surface area contributed by atoms with Crippen LogP contribution in [0.25, 0.3) is 0 Å². The number of nitrogens with zero attached hydrogens (tertiary/aromatic N) is 3. The molecule has 1 aromatic carbocycles. The van der Waals surface area contributed by atoms with E-state index in [-0.39, 0.29) is 6.54 Å². The van der Waals surface area contributed by atoms with Crippen LogP contribution in [0.2, 0.25) is 0 Å². The first-order chi connectivity index (χ1) is 9.41. The van der Waals surface area contributed by atoms with Crippen molar-refractivity contribution in [3.05, 3.63) is 29.8 Å². The highest BCUT2D eigenvalue weighted by molar-refractivity contribution is 6.02. The van der Waals surface area contributed by atoms with Gasteiger partial charge in [0.15, 0.2) is 0 Å². The molecule has 7 heteroatoms. The summed E-state index contributed by atoms with van der Waals surface area (Å²) in [6, 6.07) is 6.06. The Balaban J connectivity index is 2.47. The largest absolute Gasteiger partial charge is 0.451 e. The normalized spacial score (nSPS) is 19.8. The van der Waals surface area contributed by atoms with Crippen LogP contribution in [-0.4, -0.2) is 24.3 Å². The molecule has 4 nitrogen and oxygen atoms in total. The molecule has 0 unspecified atom stereocenters. The van der Waals surface area contributed by atoms with Gasteiger partial charge in [0.05, 0.1) is 11.7 Å². The number of alkyl halides is 3. The standard InChI is InChI=1S/C13H15F3N4/c1-9-5-6-18-20(12(19-9)13(14,15)16)11-4-2-3-10(7-11)8-17/h2-4,6-7,9H,5,8,17H2,1H3/t9-/m1/s1. The zero-order chi connectivity index (χ0) is 14.8. The molecule has 0 aromatic heterocycles. The Morgan fingerprint density at radius 2 is 2.15 bits per heavy atom. The SMILES string of the molecule is C[C@@H]1CC=NN(c2cccc(CN)c2)C(C(F)(F)F)=N1. The first kappa shape index (κ1) is 14.5. The van der Waals surface area contributed by atoms with Crippen molar-refractivity contribution < 1.29 is 13.2 Å². The number of hydrazone groups is 1. The number of amidine groups is 1. The Morgan fingerprint density at radius 1 is 1.40 bits per heavy atom. The Bertz CT molecular complexity index is 537. The number of aliphatic imine (C=N–C) groups is 1. The van der Waals surface area contributed by atoms with E-state index in [4.69, 9.17) is 5.73 Å². The van der Waals surface area contributed by atoms with E-state index in [0.717, 1.165) is 10.6 Å². The summed E-state index contributed by atoms with van der Waals surface area (Å²) in [5.74, 6) is -1.01. The average molecular weight is 284 g/mol. The number of hydrogen-bond acceptors (Lipinski definition) is 4. The minimum atomic E-state index is -4.56. The van der Waals surface area contributed by atoms with Crippen molar-refractivity contribution in [2.24, 2.45) is 15.8 Å². The minimum Gasteiger partial charge on any atom is -0.326 e. The highest BCUT2D eigenvalue weighted by Crippen LogP contribution is 2.27. The maximum absolute atomic E-state index is 13.1. The summed E-state index contributed by atoms with van der Waals surface area (Å²) in [6.45, 7) is 1.87. The van der Waals surface area contributed by atoms with Crippen LogP contribution in [0.4, 0.5) is 18.9 Å². The summed E-state index contributed by atoms with van der Waals surface area (Å²) in [4.78, 5) is 3.72. The number of benzene rings is 1. The van der Waals surface area contributed by atoms with E-state index in [9.17, 15) is 13.2 Å². The molecule has 2 rings (SSSR count). The highest BCUT2D eigenvalue weighted by atomic mass is 19.4. The smallest absolute Gasteiger partial charge is 0.326 e. The van der Waals surface area contributed by atoms with E-state index in [1.807, 2.05) is 0 Å². The van der Waals surface area contributed by atoms with Crippen LogP contribution < -0.4 is 10.7 Å². The van der Waals surface area contributed by atoms with Gasteiger partial charge in [-0.3, -0.25) is 4.99 Å². The number of anilines is 1. The van der Waals surface area contributed by atoms with Crippen LogP contribution in [0.5, 0.6) is 0 Å². The lowest BCUT2D eigenvalue weighted by Crippen LogP contribution is -2.38. The summed E-state index contributed by atoms with van der Waals surface area (Å²) >= 11 is 0. The fourth-order valence-corrected chi connectivity index (χ4v) is 1.85. The minimum absolute atomic E-state index is 0.250. The van der Waals surface area contributed by atoms with Gasteiger partial charge >= 0.3 is 6.18 Å². The maximum atomic E-state index is 13.1. The van der Waals surface area contributed by atoms with Crippen LogP contribution in [0.3, 0.4) is 0 Å². The molecular formula is C13H15F3N4.